The van der Waals surface area contributed by atoms with Gasteiger partial charge in [-0.2, -0.15) is 0 Å². The Bertz CT molecular complexity index is 1000. The number of aliphatic hydroxyl groups excluding tert-OH is 1. The first-order valence-electron chi connectivity index (χ1n) is 7.09. The van der Waals surface area contributed by atoms with E-state index in [0.29, 0.717) is 11.4 Å². The quantitative estimate of drug-likeness (QED) is 0.595. The molecule has 0 saturated heterocycles. The van der Waals surface area contributed by atoms with E-state index in [4.69, 9.17) is 0 Å². The van der Waals surface area contributed by atoms with Gasteiger partial charge in [-0.25, -0.2) is 8.42 Å². The van der Waals surface area contributed by atoms with Gasteiger partial charge in [0.15, 0.2) is 9.84 Å². The Morgan fingerprint density at radius 1 is 1.29 bits per heavy atom. The lowest BCUT2D eigenvalue weighted by atomic mass is 10.1. The summed E-state index contributed by atoms with van der Waals surface area (Å²) < 4.78 is 26.1. The van der Waals surface area contributed by atoms with Gasteiger partial charge >= 0.3 is 0 Å². The predicted octanol–water partition coefficient (Wildman–Crippen LogP) is 4.18. The van der Waals surface area contributed by atoms with Gasteiger partial charge in [0.1, 0.15) is 11.2 Å². The van der Waals surface area contributed by atoms with Crippen LogP contribution in [-0.4, -0.2) is 29.4 Å². The van der Waals surface area contributed by atoms with Crippen molar-refractivity contribution < 1.29 is 13.5 Å². The van der Waals surface area contributed by atoms with Crippen molar-refractivity contribution >= 4 is 52.6 Å². The number of H-pyrrole nitrogens is 1. The third kappa shape index (κ3) is 3.03. The molecule has 0 amide bonds. The van der Waals surface area contributed by atoms with Crippen molar-refractivity contribution in [3.05, 3.63) is 51.2 Å². The fourth-order valence-electron chi connectivity index (χ4n) is 2.64. The normalized spacial score (nSPS) is 13.3. The van der Waals surface area contributed by atoms with Crippen LogP contribution < -0.4 is 0 Å². The number of hydrogen-bond donors (Lipinski definition) is 2. The van der Waals surface area contributed by atoms with E-state index in [1.54, 1.807) is 19.2 Å². The number of aromatic nitrogens is 2. The van der Waals surface area contributed by atoms with E-state index in [9.17, 15) is 13.5 Å². The van der Waals surface area contributed by atoms with Gasteiger partial charge in [0.2, 0.25) is 0 Å². The van der Waals surface area contributed by atoms with Crippen LogP contribution >= 0.6 is 31.9 Å². The summed E-state index contributed by atoms with van der Waals surface area (Å²) in [6.45, 7) is 1.56. The molecule has 0 aliphatic rings. The molecule has 0 saturated carbocycles. The fraction of sp³-hybridized carbons (Fsp3) is 0.188. The second kappa shape index (κ2) is 6.59. The van der Waals surface area contributed by atoms with Crippen LogP contribution in [0, 0.1) is 0 Å². The van der Waals surface area contributed by atoms with Gasteiger partial charge in [0.25, 0.3) is 0 Å². The zero-order chi connectivity index (χ0) is 17.5. The molecule has 0 fully saturated rings. The number of nitrogens with zero attached hydrogens (tertiary/aromatic N) is 1. The number of fused-ring (bicyclic) bond motifs is 1. The van der Waals surface area contributed by atoms with Crippen molar-refractivity contribution in [1.29, 1.82) is 0 Å². The van der Waals surface area contributed by atoms with Crippen LogP contribution in [0.5, 0.6) is 0 Å². The van der Waals surface area contributed by atoms with Crippen LogP contribution in [-0.2, 0) is 9.84 Å². The minimum Gasteiger partial charge on any atom is -0.380 e. The van der Waals surface area contributed by atoms with Crippen molar-refractivity contribution in [3.63, 3.8) is 0 Å². The molecule has 126 valence electrons. The third-order valence-corrected chi connectivity index (χ3v) is 6.65. The summed E-state index contributed by atoms with van der Waals surface area (Å²) in [4.78, 5) is 7.57. The molecule has 0 spiro atoms. The molecule has 8 heteroatoms. The predicted molar refractivity (Wildman–Crippen MR) is 101 cm³/mol. The van der Waals surface area contributed by atoms with Crippen LogP contribution in [0.2, 0.25) is 0 Å². The highest BCUT2D eigenvalue weighted by atomic mass is 79.9. The van der Waals surface area contributed by atoms with E-state index in [2.05, 4.69) is 41.8 Å². The number of aliphatic hydroxyl groups is 1. The largest absolute Gasteiger partial charge is 0.380 e. The van der Waals surface area contributed by atoms with Crippen molar-refractivity contribution in [2.45, 2.75) is 12.2 Å². The monoisotopic (exact) mass is 472 g/mol. The average molecular weight is 474 g/mol. The van der Waals surface area contributed by atoms with E-state index < -0.39 is 21.0 Å². The van der Waals surface area contributed by atoms with E-state index >= 15 is 0 Å². The molecule has 0 bridgehead atoms. The van der Waals surface area contributed by atoms with Crippen LogP contribution in [0.25, 0.3) is 22.2 Å². The van der Waals surface area contributed by atoms with Gasteiger partial charge in [-0.05, 0) is 31.2 Å². The molecule has 2 heterocycles. The summed E-state index contributed by atoms with van der Waals surface area (Å²) in [7, 11) is -3.68. The molecule has 0 radical (unpaired) electrons. The maximum absolute atomic E-state index is 12.2. The van der Waals surface area contributed by atoms with Gasteiger partial charge in [-0.1, -0.05) is 37.9 Å². The number of pyridine rings is 1. The minimum atomic E-state index is -3.68. The summed E-state index contributed by atoms with van der Waals surface area (Å²) in [6, 6.07) is 9.27. The standard InChI is InChI=1S/C16H14Br2N2O3S/c1-9(24(22,23)8-21)16-15(12-4-2-3-5-19-12)14-11(18)6-10(17)7-13(14)20-16/h2-7,9,20-21H,8H2,1H3. The molecule has 3 aromatic rings. The molecule has 0 aliphatic carbocycles. The van der Waals surface area contributed by atoms with Crippen LogP contribution in [0.15, 0.2) is 45.5 Å². The SMILES string of the molecule is CC(c1[nH]c2cc(Br)cc(Br)c2c1-c1ccccn1)S(=O)(=O)CO. The Hall–Kier alpha value is -1.22. The highest BCUT2D eigenvalue weighted by molar-refractivity contribution is 9.11. The van der Waals surface area contributed by atoms with Crippen molar-refractivity contribution in [1.82, 2.24) is 9.97 Å². The number of halogens is 2. The number of aromatic amines is 1. The van der Waals surface area contributed by atoms with Gasteiger partial charge in [-0.3, -0.25) is 4.98 Å². The number of nitrogens with one attached hydrogen (secondary N) is 1. The summed E-state index contributed by atoms with van der Waals surface area (Å²) in [5, 5.41) is 9.19. The first kappa shape index (κ1) is 17.6. The Morgan fingerprint density at radius 2 is 2.04 bits per heavy atom. The maximum atomic E-state index is 12.2. The zero-order valence-corrected chi connectivity index (χ0v) is 16.6. The highest BCUT2D eigenvalue weighted by Crippen LogP contribution is 2.41. The number of rotatable bonds is 4. The molecule has 24 heavy (non-hydrogen) atoms. The molecule has 1 atom stereocenters. The zero-order valence-electron chi connectivity index (χ0n) is 12.6. The van der Waals surface area contributed by atoms with Gasteiger partial charge < -0.3 is 10.1 Å². The Kier molecular flexibility index (Phi) is 4.83. The molecular weight excluding hydrogens is 460 g/mol. The third-order valence-electron chi connectivity index (χ3n) is 3.89. The molecule has 2 N–H and O–H groups in total. The fourth-order valence-corrected chi connectivity index (χ4v) is 4.82. The second-order valence-electron chi connectivity index (χ2n) is 5.37. The molecule has 1 unspecified atom stereocenters. The second-order valence-corrected chi connectivity index (χ2v) is 9.43. The lowest BCUT2D eigenvalue weighted by molar-refractivity contribution is 0.356. The lowest BCUT2D eigenvalue weighted by Gasteiger charge is -2.12. The first-order chi connectivity index (χ1) is 11.3. The van der Waals surface area contributed by atoms with Crippen LogP contribution in [0.3, 0.4) is 0 Å². The van der Waals surface area contributed by atoms with Gasteiger partial charge in [-0.15, -0.1) is 0 Å². The average Bonchev–Trinajstić information content (AvgIpc) is 2.94. The minimum absolute atomic E-state index is 0.511. The van der Waals surface area contributed by atoms with E-state index in [0.717, 1.165) is 25.4 Å². The lowest BCUT2D eigenvalue weighted by Crippen LogP contribution is -2.15. The topological polar surface area (TPSA) is 83.0 Å². The van der Waals surface area contributed by atoms with Crippen molar-refractivity contribution in [3.8, 4) is 11.3 Å². The summed E-state index contributed by atoms with van der Waals surface area (Å²) in [5.41, 5.74) is 2.68. The summed E-state index contributed by atoms with van der Waals surface area (Å²) in [6.07, 6.45) is 1.66. The molecule has 2 aromatic heterocycles. The number of hydrogen-bond acceptors (Lipinski definition) is 4. The van der Waals surface area contributed by atoms with Crippen LogP contribution in [0.4, 0.5) is 0 Å². The number of sulfone groups is 1. The molecule has 5 nitrogen and oxygen atoms in total. The maximum Gasteiger partial charge on any atom is 0.182 e. The Labute approximate surface area is 156 Å². The van der Waals surface area contributed by atoms with Crippen molar-refractivity contribution in [2.75, 3.05) is 5.94 Å². The van der Waals surface area contributed by atoms with E-state index in [1.807, 2.05) is 24.3 Å². The van der Waals surface area contributed by atoms with Gasteiger partial charge in [0, 0.05) is 37.3 Å². The van der Waals surface area contributed by atoms with Crippen LogP contribution in [0.1, 0.15) is 17.9 Å². The van der Waals surface area contributed by atoms with Gasteiger partial charge in [0.05, 0.1) is 5.69 Å². The molecule has 0 aliphatic heterocycles. The Balaban J connectivity index is 2.39. The smallest absolute Gasteiger partial charge is 0.182 e. The first-order valence-corrected chi connectivity index (χ1v) is 10.4. The summed E-state index contributed by atoms with van der Waals surface area (Å²) in [5.74, 6) is -0.907. The molecule has 1 aromatic carbocycles. The Morgan fingerprint density at radius 3 is 2.67 bits per heavy atom. The summed E-state index contributed by atoms with van der Waals surface area (Å²) >= 11 is 6.99. The molecular formula is C16H14Br2N2O3S. The van der Waals surface area contributed by atoms with Crippen molar-refractivity contribution in [2.24, 2.45) is 0 Å². The number of benzene rings is 1. The molecule has 3 rings (SSSR count). The van der Waals surface area contributed by atoms with E-state index in [1.165, 1.54) is 0 Å². The van der Waals surface area contributed by atoms with E-state index in [-0.39, 0.29) is 0 Å². The highest BCUT2D eigenvalue weighted by Gasteiger charge is 2.28.